The number of nitrogens with zero attached hydrogens (tertiary/aromatic N) is 1. The number of nitrogens with two attached hydrogens (primary N) is 3. The number of hydrogen-bond donors (Lipinski definition) is 6. The van der Waals surface area contributed by atoms with Gasteiger partial charge in [-0.1, -0.05) is 59.8 Å². The van der Waals surface area contributed by atoms with Crippen LogP contribution in [0.15, 0.2) is 0 Å². The topological polar surface area (TPSA) is 195 Å². The molecule has 0 aromatic heterocycles. The molecule has 8 N–H and O–H groups in total. The van der Waals surface area contributed by atoms with E-state index in [1.165, 1.54) is 44.9 Å². The van der Waals surface area contributed by atoms with Gasteiger partial charge in [-0.3, -0.25) is 4.79 Å². The van der Waals surface area contributed by atoms with Gasteiger partial charge in [0.1, 0.15) is 0 Å². The third-order valence-corrected chi connectivity index (χ3v) is 17.4. The molecule has 4 aliphatic carbocycles. The van der Waals surface area contributed by atoms with Crippen molar-refractivity contribution in [1.29, 1.82) is 0 Å². The van der Waals surface area contributed by atoms with Gasteiger partial charge >= 0.3 is 6.03 Å². The van der Waals surface area contributed by atoms with E-state index in [0.717, 1.165) is 103 Å². The molecule has 4 fully saturated rings. The molecule has 4 aliphatic rings. The highest BCUT2D eigenvalue weighted by molar-refractivity contribution is 7.80. The molecule has 3 amide bonds. The van der Waals surface area contributed by atoms with E-state index in [1.807, 2.05) is 0 Å². The number of urea groups is 1. The number of amides is 3. The average molecular weight is 998 g/mol. The zero-order chi connectivity index (χ0) is 49.7. The van der Waals surface area contributed by atoms with Gasteiger partial charge in [0.25, 0.3) is 0 Å². The van der Waals surface area contributed by atoms with Gasteiger partial charge in [-0.2, -0.15) is 12.6 Å². The molecule has 0 aromatic carbocycles. The number of ether oxygens (including phenoxy) is 6. The summed E-state index contributed by atoms with van der Waals surface area (Å²) in [6.45, 7) is 19.3. The lowest BCUT2D eigenvalue weighted by Gasteiger charge is -2.65. The van der Waals surface area contributed by atoms with Crippen LogP contribution in [0.4, 0.5) is 4.79 Å². The van der Waals surface area contributed by atoms with E-state index in [9.17, 15) is 9.59 Å². The van der Waals surface area contributed by atoms with Gasteiger partial charge in [0.05, 0.1) is 58.0 Å². The molecule has 4 rings (SSSR count). The highest BCUT2D eigenvalue weighted by Crippen LogP contribution is 2.69. The van der Waals surface area contributed by atoms with Crippen molar-refractivity contribution in [2.45, 2.75) is 174 Å². The molecule has 14 nitrogen and oxygen atoms in total. The number of hydrogen-bond acceptors (Lipinski definition) is 12. The third-order valence-electron chi connectivity index (χ3n) is 17.0. The Bertz CT molecular complexity index is 1380. The maximum Gasteiger partial charge on any atom is 0.317 e. The second kappa shape index (κ2) is 34.3. The van der Waals surface area contributed by atoms with Gasteiger partial charge in [-0.05, 0) is 156 Å². The van der Waals surface area contributed by atoms with Crippen LogP contribution in [-0.4, -0.2) is 146 Å². The summed E-state index contributed by atoms with van der Waals surface area (Å²) in [6, 6.07) is 0.00613. The second-order valence-electron chi connectivity index (χ2n) is 21.6. The van der Waals surface area contributed by atoms with Crippen molar-refractivity contribution in [3.8, 4) is 0 Å². The molecule has 0 radical (unpaired) electrons. The van der Waals surface area contributed by atoms with Crippen molar-refractivity contribution in [2.75, 3.05) is 111 Å². The van der Waals surface area contributed by atoms with Crippen molar-refractivity contribution in [3.05, 3.63) is 0 Å². The summed E-state index contributed by atoms with van der Waals surface area (Å²) in [6.07, 6.45) is 22.0. The predicted molar refractivity (Wildman–Crippen MR) is 282 cm³/mol. The number of rotatable bonds is 39. The van der Waals surface area contributed by atoms with Crippen LogP contribution in [0.25, 0.3) is 0 Å². The van der Waals surface area contributed by atoms with Crippen LogP contribution in [0.3, 0.4) is 0 Å². The van der Waals surface area contributed by atoms with E-state index in [1.54, 1.807) is 0 Å². The number of unbranched alkanes of at least 4 members (excludes halogenated alkanes) is 5. The highest BCUT2D eigenvalue weighted by Gasteiger charge is 2.66. The van der Waals surface area contributed by atoms with Gasteiger partial charge in [0.15, 0.2) is 0 Å². The van der Waals surface area contributed by atoms with Crippen molar-refractivity contribution in [1.82, 2.24) is 15.5 Å². The zero-order valence-electron chi connectivity index (χ0n) is 44.3. The maximum absolute atomic E-state index is 13.7. The minimum Gasteiger partial charge on any atom is -0.378 e. The Kier molecular flexibility index (Phi) is 29.9. The molecule has 69 heavy (non-hydrogen) atoms. The Balaban J connectivity index is 1.32. The molecule has 11 atom stereocenters. The summed E-state index contributed by atoms with van der Waals surface area (Å²) in [4.78, 5) is 27.4. The standard InChI is InChI=1S/C54H104N6O8S/c1-5-6-7-8-9-10-27-60(52(62)59-26-33-64-35-37-65-36-34-63-32-25-58-50(61)17-12-38-69)28-11-16-42(2)45-18-19-46-51-47(41-49(54(45,46)4)68-31-15-24-57)53(3)21-20-44(66-29-13-22-55)39-43(53)40-48(51)67-30-14-23-56/h42-49,51,69H,5-41,55-57H2,1-4H3,(H,58,61)(H,59,62)/t42-,43?,44-,45-,46+,47+,48-,49+,51?,53+,54-/m1/s1. The largest absolute Gasteiger partial charge is 0.378 e. The SMILES string of the molecule is CCCCCCCCN(CCC[C@@H](C)[C@H]1CC[C@H]2C3[C@H](OCCCN)CC4C[C@H](OCCCN)CC[C@]4(C)[C@H]3C[C@H](OCCCN)[C@]12C)C(=O)NCCOCCOCCOCCNC(=O)CCCS. The number of nitrogens with one attached hydrogen (secondary N) is 2. The summed E-state index contributed by atoms with van der Waals surface area (Å²) in [5, 5.41) is 6.00. The highest BCUT2D eigenvalue weighted by atomic mass is 32.1. The minimum atomic E-state index is 0.00613. The fraction of sp³-hybridized carbons (Fsp3) is 0.963. The summed E-state index contributed by atoms with van der Waals surface area (Å²) in [5.74, 6) is 3.93. The number of carbonyl (C=O) groups excluding carboxylic acids is 2. The van der Waals surface area contributed by atoms with Crippen molar-refractivity contribution >= 4 is 24.6 Å². The number of thiol groups is 1. The Morgan fingerprint density at radius 2 is 1.30 bits per heavy atom. The monoisotopic (exact) mass is 997 g/mol. The van der Waals surface area contributed by atoms with E-state index in [0.29, 0.717) is 133 Å². The Morgan fingerprint density at radius 1 is 0.681 bits per heavy atom. The Labute approximate surface area is 425 Å². The molecule has 0 aliphatic heterocycles. The van der Waals surface area contributed by atoms with Gasteiger partial charge in [0, 0.05) is 57.8 Å². The van der Waals surface area contributed by atoms with Crippen LogP contribution >= 0.6 is 12.6 Å². The van der Waals surface area contributed by atoms with Gasteiger partial charge in [0.2, 0.25) is 5.91 Å². The summed E-state index contributed by atoms with van der Waals surface area (Å²) in [7, 11) is 0. The van der Waals surface area contributed by atoms with E-state index in [4.69, 9.17) is 45.6 Å². The van der Waals surface area contributed by atoms with Crippen molar-refractivity contribution < 1.29 is 38.0 Å². The fourth-order valence-electron chi connectivity index (χ4n) is 13.3. The van der Waals surface area contributed by atoms with Gasteiger partial charge < -0.3 is 61.2 Å². The smallest absolute Gasteiger partial charge is 0.317 e. The van der Waals surface area contributed by atoms with Crippen LogP contribution in [0, 0.1) is 46.3 Å². The van der Waals surface area contributed by atoms with E-state index in [2.05, 4.69) is 55.9 Å². The first kappa shape index (κ1) is 60.3. The molecule has 4 saturated carbocycles. The third kappa shape index (κ3) is 19.2. The summed E-state index contributed by atoms with van der Waals surface area (Å²) in [5.41, 5.74) is 18.2. The van der Waals surface area contributed by atoms with Crippen molar-refractivity contribution in [2.24, 2.45) is 63.5 Å². The van der Waals surface area contributed by atoms with Crippen LogP contribution in [0.1, 0.15) is 156 Å². The molecule has 0 spiro atoms. The molecule has 15 heteroatoms. The number of carbonyl (C=O) groups is 2. The molecular weight excluding hydrogens is 893 g/mol. The van der Waals surface area contributed by atoms with E-state index >= 15 is 0 Å². The lowest BCUT2D eigenvalue weighted by molar-refractivity contribution is -0.227. The van der Waals surface area contributed by atoms with E-state index in [-0.39, 0.29) is 35.0 Å². The zero-order valence-corrected chi connectivity index (χ0v) is 45.1. The summed E-state index contributed by atoms with van der Waals surface area (Å²) >= 11 is 4.14. The molecule has 0 bridgehead atoms. The quantitative estimate of drug-likeness (QED) is 0.0261. The first-order valence-electron chi connectivity index (χ1n) is 28.2. The maximum atomic E-state index is 13.7. The lowest BCUT2D eigenvalue weighted by Crippen LogP contribution is -2.63. The Hall–Kier alpha value is -1.27. The molecule has 0 saturated heterocycles. The van der Waals surface area contributed by atoms with Gasteiger partial charge in [-0.25, -0.2) is 4.79 Å². The first-order chi connectivity index (χ1) is 33.6. The van der Waals surface area contributed by atoms with Crippen molar-refractivity contribution in [3.63, 3.8) is 0 Å². The molecule has 404 valence electrons. The molecule has 2 unspecified atom stereocenters. The molecular formula is C54H104N6O8S. The van der Waals surface area contributed by atoms with Crippen LogP contribution in [0.5, 0.6) is 0 Å². The predicted octanol–water partition coefficient (Wildman–Crippen LogP) is 7.73. The molecule has 0 heterocycles. The lowest BCUT2D eigenvalue weighted by atomic mass is 9.43. The first-order valence-corrected chi connectivity index (χ1v) is 28.8. The van der Waals surface area contributed by atoms with E-state index < -0.39 is 0 Å². The van der Waals surface area contributed by atoms with Crippen LogP contribution in [0.2, 0.25) is 0 Å². The second-order valence-corrected chi connectivity index (χ2v) is 22.0. The average Bonchev–Trinajstić information content (AvgIpc) is 3.71. The molecule has 0 aromatic rings. The minimum absolute atomic E-state index is 0.00613. The summed E-state index contributed by atoms with van der Waals surface area (Å²) < 4.78 is 37.5. The fourth-order valence-corrected chi connectivity index (χ4v) is 13.4. The van der Waals surface area contributed by atoms with Crippen LogP contribution < -0.4 is 27.8 Å². The number of fused-ring (bicyclic) bond motifs is 5. The normalized spacial score (nSPS) is 29.0. The van der Waals surface area contributed by atoms with Gasteiger partial charge in [-0.15, -0.1) is 0 Å². The Morgan fingerprint density at radius 3 is 1.99 bits per heavy atom. The van der Waals surface area contributed by atoms with Crippen LogP contribution in [-0.2, 0) is 33.2 Å².